The lowest BCUT2D eigenvalue weighted by atomic mass is 10.1. The van der Waals surface area contributed by atoms with Crippen LogP contribution in [-0.4, -0.2) is 0 Å². The molecular formula is C10H12. The summed E-state index contributed by atoms with van der Waals surface area (Å²) in [6.07, 6.45) is 1.88. The SMILES string of the molecule is C=Cc1ccc(C)cc1C. The van der Waals surface area contributed by atoms with Crippen LogP contribution in [0.4, 0.5) is 0 Å². The van der Waals surface area contributed by atoms with E-state index in [1.54, 1.807) is 0 Å². The van der Waals surface area contributed by atoms with Gasteiger partial charge in [0.1, 0.15) is 0 Å². The summed E-state index contributed by atoms with van der Waals surface area (Å²) in [4.78, 5) is 0. The molecule has 1 aromatic carbocycles. The van der Waals surface area contributed by atoms with E-state index in [-0.39, 0.29) is 0 Å². The van der Waals surface area contributed by atoms with Crippen molar-refractivity contribution in [3.8, 4) is 0 Å². The molecule has 0 aliphatic heterocycles. The molecule has 0 heterocycles. The van der Waals surface area contributed by atoms with Gasteiger partial charge in [0.15, 0.2) is 0 Å². The fourth-order valence-electron chi connectivity index (χ4n) is 1.05. The Morgan fingerprint density at radius 2 is 2.00 bits per heavy atom. The Morgan fingerprint density at radius 1 is 1.30 bits per heavy atom. The average molecular weight is 132 g/mol. The van der Waals surface area contributed by atoms with Crippen LogP contribution in [0.3, 0.4) is 0 Å². The molecule has 10 heavy (non-hydrogen) atoms. The van der Waals surface area contributed by atoms with Crippen molar-refractivity contribution in [1.29, 1.82) is 0 Å². The standard InChI is InChI=1S/C10H12/c1-4-10-6-5-8(2)7-9(10)3/h4-7H,1H2,2-3H3. The number of hydrogen-bond donors (Lipinski definition) is 0. The van der Waals surface area contributed by atoms with Crippen LogP contribution in [0.1, 0.15) is 16.7 Å². The van der Waals surface area contributed by atoms with E-state index in [2.05, 4.69) is 38.6 Å². The van der Waals surface area contributed by atoms with Gasteiger partial charge >= 0.3 is 0 Å². The number of aryl methyl sites for hydroxylation is 2. The van der Waals surface area contributed by atoms with Gasteiger partial charge in [0.25, 0.3) is 0 Å². The van der Waals surface area contributed by atoms with Crippen LogP contribution in [0, 0.1) is 13.8 Å². The number of benzene rings is 1. The van der Waals surface area contributed by atoms with Crippen molar-refractivity contribution >= 4 is 6.08 Å². The van der Waals surface area contributed by atoms with Gasteiger partial charge in [0.05, 0.1) is 0 Å². The highest BCUT2D eigenvalue weighted by molar-refractivity contribution is 5.52. The normalized spacial score (nSPS) is 9.40. The maximum absolute atomic E-state index is 3.72. The third kappa shape index (κ3) is 1.27. The van der Waals surface area contributed by atoms with Gasteiger partial charge in [-0.2, -0.15) is 0 Å². The Balaban J connectivity index is 3.19. The number of rotatable bonds is 1. The molecule has 0 N–H and O–H groups in total. The van der Waals surface area contributed by atoms with Crippen molar-refractivity contribution in [2.24, 2.45) is 0 Å². The molecule has 0 aromatic heterocycles. The highest BCUT2D eigenvalue weighted by Crippen LogP contribution is 2.10. The summed E-state index contributed by atoms with van der Waals surface area (Å²) in [6, 6.07) is 6.36. The van der Waals surface area contributed by atoms with E-state index in [0.717, 1.165) is 0 Å². The molecule has 0 spiro atoms. The molecular weight excluding hydrogens is 120 g/mol. The molecule has 1 rings (SSSR count). The summed E-state index contributed by atoms with van der Waals surface area (Å²) in [7, 11) is 0. The van der Waals surface area contributed by atoms with Crippen LogP contribution in [0.2, 0.25) is 0 Å². The molecule has 0 saturated heterocycles. The van der Waals surface area contributed by atoms with Gasteiger partial charge in [0, 0.05) is 0 Å². The van der Waals surface area contributed by atoms with Crippen LogP contribution in [-0.2, 0) is 0 Å². The molecule has 0 aliphatic carbocycles. The summed E-state index contributed by atoms with van der Waals surface area (Å²) in [5.41, 5.74) is 3.84. The van der Waals surface area contributed by atoms with Gasteiger partial charge < -0.3 is 0 Å². The zero-order chi connectivity index (χ0) is 7.56. The predicted octanol–water partition coefficient (Wildman–Crippen LogP) is 2.95. The Kier molecular flexibility index (Phi) is 1.91. The lowest BCUT2D eigenvalue weighted by molar-refractivity contribution is 1.37. The van der Waals surface area contributed by atoms with Crippen LogP contribution in [0.5, 0.6) is 0 Å². The van der Waals surface area contributed by atoms with Gasteiger partial charge in [0.2, 0.25) is 0 Å². The predicted molar refractivity (Wildman–Crippen MR) is 46.0 cm³/mol. The summed E-state index contributed by atoms with van der Waals surface area (Å²) in [5.74, 6) is 0. The van der Waals surface area contributed by atoms with Gasteiger partial charge in [-0.1, -0.05) is 36.4 Å². The maximum Gasteiger partial charge on any atom is -0.0233 e. The largest absolute Gasteiger partial charge is 0.0985 e. The minimum absolute atomic E-state index is 1.23. The fraction of sp³-hybridized carbons (Fsp3) is 0.200. The Hall–Kier alpha value is -1.04. The summed E-state index contributed by atoms with van der Waals surface area (Å²) in [6.45, 7) is 7.92. The van der Waals surface area contributed by atoms with E-state index in [1.165, 1.54) is 16.7 Å². The second-order valence-corrected chi connectivity index (χ2v) is 2.56. The summed E-state index contributed by atoms with van der Waals surface area (Å²) in [5, 5.41) is 0. The molecule has 0 nitrogen and oxygen atoms in total. The van der Waals surface area contributed by atoms with Crippen molar-refractivity contribution in [3.63, 3.8) is 0 Å². The first kappa shape index (κ1) is 7.07. The minimum Gasteiger partial charge on any atom is -0.0985 e. The van der Waals surface area contributed by atoms with E-state index in [0.29, 0.717) is 0 Å². The first-order chi connectivity index (χ1) is 4.74. The smallest absolute Gasteiger partial charge is 0.0233 e. The minimum atomic E-state index is 1.23. The summed E-state index contributed by atoms with van der Waals surface area (Å²) < 4.78 is 0. The van der Waals surface area contributed by atoms with Gasteiger partial charge in [-0.15, -0.1) is 0 Å². The highest BCUT2D eigenvalue weighted by atomic mass is 14.0. The fourth-order valence-corrected chi connectivity index (χ4v) is 1.05. The summed E-state index contributed by atoms with van der Waals surface area (Å²) >= 11 is 0. The third-order valence-corrected chi connectivity index (χ3v) is 1.65. The van der Waals surface area contributed by atoms with E-state index in [1.807, 2.05) is 6.08 Å². The zero-order valence-electron chi connectivity index (χ0n) is 6.52. The van der Waals surface area contributed by atoms with Crippen molar-refractivity contribution in [2.45, 2.75) is 13.8 Å². The van der Waals surface area contributed by atoms with E-state index in [9.17, 15) is 0 Å². The third-order valence-electron chi connectivity index (χ3n) is 1.65. The van der Waals surface area contributed by atoms with Crippen molar-refractivity contribution in [3.05, 3.63) is 41.5 Å². The van der Waals surface area contributed by atoms with Gasteiger partial charge in [-0.3, -0.25) is 0 Å². The second kappa shape index (κ2) is 2.70. The topological polar surface area (TPSA) is 0 Å². The molecule has 0 atom stereocenters. The molecule has 52 valence electrons. The second-order valence-electron chi connectivity index (χ2n) is 2.56. The molecule has 0 heteroatoms. The molecule has 0 fully saturated rings. The van der Waals surface area contributed by atoms with Crippen LogP contribution >= 0.6 is 0 Å². The lowest BCUT2D eigenvalue weighted by Crippen LogP contribution is -1.80. The number of hydrogen-bond acceptors (Lipinski definition) is 0. The lowest BCUT2D eigenvalue weighted by Gasteiger charge is -1.99. The molecule has 0 amide bonds. The first-order valence-electron chi connectivity index (χ1n) is 3.43. The Bertz CT molecular complexity index is 246. The monoisotopic (exact) mass is 132 g/mol. The highest BCUT2D eigenvalue weighted by Gasteiger charge is 1.91. The van der Waals surface area contributed by atoms with Gasteiger partial charge in [-0.25, -0.2) is 0 Å². The Morgan fingerprint density at radius 3 is 2.50 bits per heavy atom. The van der Waals surface area contributed by atoms with Crippen LogP contribution in [0.15, 0.2) is 24.8 Å². The first-order valence-corrected chi connectivity index (χ1v) is 3.43. The van der Waals surface area contributed by atoms with E-state index < -0.39 is 0 Å². The molecule has 0 unspecified atom stereocenters. The van der Waals surface area contributed by atoms with Crippen molar-refractivity contribution < 1.29 is 0 Å². The quantitative estimate of drug-likeness (QED) is 0.551. The molecule has 0 bridgehead atoms. The maximum atomic E-state index is 3.72. The molecule has 0 radical (unpaired) electrons. The van der Waals surface area contributed by atoms with Crippen molar-refractivity contribution in [1.82, 2.24) is 0 Å². The van der Waals surface area contributed by atoms with E-state index >= 15 is 0 Å². The van der Waals surface area contributed by atoms with E-state index in [4.69, 9.17) is 0 Å². The van der Waals surface area contributed by atoms with Crippen LogP contribution in [0.25, 0.3) is 6.08 Å². The zero-order valence-corrected chi connectivity index (χ0v) is 6.52. The van der Waals surface area contributed by atoms with Crippen molar-refractivity contribution in [2.75, 3.05) is 0 Å². The van der Waals surface area contributed by atoms with Crippen LogP contribution < -0.4 is 0 Å². The molecule has 1 aromatic rings. The van der Waals surface area contributed by atoms with Gasteiger partial charge in [-0.05, 0) is 25.0 Å². The average Bonchev–Trinajstić information content (AvgIpc) is 1.88. The Labute approximate surface area is 62.2 Å². The molecule has 0 saturated carbocycles. The molecule has 0 aliphatic rings.